The SMILES string of the molecule is CC1CCC(N2COC3C=C(C=C(CN4CCN(c5ccc(Br)cc5)CC4)c4cccnc43)C2)CC1. The van der Waals surface area contributed by atoms with Gasteiger partial charge in [-0.05, 0) is 79.2 Å². The van der Waals surface area contributed by atoms with Crippen LogP contribution in [0.1, 0.15) is 50.0 Å². The van der Waals surface area contributed by atoms with Crippen molar-refractivity contribution >= 4 is 27.2 Å². The van der Waals surface area contributed by atoms with Gasteiger partial charge in [-0.3, -0.25) is 14.8 Å². The van der Waals surface area contributed by atoms with Gasteiger partial charge in [0.15, 0.2) is 0 Å². The Morgan fingerprint density at radius 3 is 2.56 bits per heavy atom. The Kier molecular flexibility index (Phi) is 7.29. The summed E-state index contributed by atoms with van der Waals surface area (Å²) in [4.78, 5) is 12.5. The molecule has 1 saturated heterocycles. The number of pyridine rings is 1. The second-order valence-corrected chi connectivity index (χ2v) is 11.9. The number of anilines is 1. The minimum absolute atomic E-state index is 0.0632. The summed E-state index contributed by atoms with van der Waals surface area (Å²) in [7, 11) is 0. The minimum Gasteiger partial charge on any atom is -0.369 e. The molecule has 0 amide bonds. The van der Waals surface area contributed by atoms with Crippen LogP contribution in [0.15, 0.2) is 64.8 Å². The molecule has 0 radical (unpaired) electrons. The molecule has 4 aliphatic rings. The fourth-order valence-electron chi connectivity index (χ4n) is 6.25. The van der Waals surface area contributed by atoms with E-state index in [0.29, 0.717) is 12.8 Å². The average molecular weight is 550 g/mol. The molecule has 6 heteroatoms. The molecule has 1 aromatic carbocycles. The smallest absolute Gasteiger partial charge is 0.121 e. The molecular formula is C30H37BrN4O. The molecule has 0 N–H and O–H groups in total. The third kappa shape index (κ3) is 5.33. The van der Waals surface area contributed by atoms with Gasteiger partial charge >= 0.3 is 0 Å². The van der Waals surface area contributed by atoms with E-state index in [1.165, 1.54) is 48.1 Å². The average Bonchev–Trinajstić information content (AvgIpc) is 3.20. The Morgan fingerprint density at radius 2 is 1.78 bits per heavy atom. The first-order valence-corrected chi connectivity index (χ1v) is 14.4. The van der Waals surface area contributed by atoms with Gasteiger partial charge in [-0.25, -0.2) is 0 Å². The lowest BCUT2D eigenvalue weighted by atomic mass is 9.86. The Morgan fingerprint density at radius 1 is 1.00 bits per heavy atom. The van der Waals surface area contributed by atoms with Crippen molar-refractivity contribution in [3.05, 3.63) is 76.1 Å². The number of rotatable bonds is 4. The van der Waals surface area contributed by atoms with Crippen LogP contribution < -0.4 is 4.90 Å². The molecule has 3 heterocycles. The summed E-state index contributed by atoms with van der Waals surface area (Å²) in [6.45, 7) is 9.26. The van der Waals surface area contributed by atoms with Crippen molar-refractivity contribution in [2.75, 3.05) is 50.9 Å². The topological polar surface area (TPSA) is 31.8 Å². The third-order valence-corrected chi connectivity index (χ3v) is 8.97. The molecule has 36 heavy (non-hydrogen) atoms. The van der Waals surface area contributed by atoms with Gasteiger partial charge in [0, 0.05) is 67.2 Å². The summed E-state index contributed by atoms with van der Waals surface area (Å²) in [6.07, 6.45) is 11.9. The largest absolute Gasteiger partial charge is 0.369 e. The Balaban J connectivity index is 1.18. The first kappa shape index (κ1) is 24.4. The van der Waals surface area contributed by atoms with Gasteiger partial charge in [0.25, 0.3) is 0 Å². The van der Waals surface area contributed by atoms with E-state index in [0.717, 1.165) is 55.4 Å². The standard InChI is InChI=1S/C30H37BrN4O/c1-22-4-8-27(9-5-22)35-19-23-17-24(28-3-2-12-32-30(28)29(18-23)36-21-35)20-33-13-15-34(16-14-33)26-10-6-25(31)7-11-26/h2-3,6-7,10-12,17-18,22,27,29H,4-5,8-9,13-16,19-21H2,1H3. The molecule has 2 aromatic rings. The number of aromatic nitrogens is 1. The highest BCUT2D eigenvalue weighted by atomic mass is 79.9. The van der Waals surface area contributed by atoms with Gasteiger partial charge in [0.05, 0.1) is 5.69 Å². The number of ether oxygens (including phenoxy) is 1. The van der Waals surface area contributed by atoms with E-state index in [2.05, 4.69) is 86.1 Å². The summed E-state index contributed by atoms with van der Waals surface area (Å²) in [5.74, 6) is 0.864. The lowest BCUT2D eigenvalue weighted by molar-refractivity contribution is -0.0216. The monoisotopic (exact) mass is 548 g/mol. The van der Waals surface area contributed by atoms with Crippen molar-refractivity contribution in [2.24, 2.45) is 5.92 Å². The number of nitrogens with zero attached hydrogens (tertiary/aromatic N) is 4. The van der Waals surface area contributed by atoms with E-state index in [4.69, 9.17) is 9.72 Å². The highest BCUT2D eigenvalue weighted by Gasteiger charge is 2.31. The molecule has 1 atom stereocenters. The second kappa shape index (κ2) is 10.8. The molecule has 0 spiro atoms. The molecule has 2 fully saturated rings. The maximum absolute atomic E-state index is 6.51. The normalized spacial score (nSPS) is 27.5. The molecule has 1 aromatic heterocycles. The van der Waals surface area contributed by atoms with Gasteiger partial charge in [0.2, 0.25) is 0 Å². The van der Waals surface area contributed by atoms with Crippen LogP contribution in [0.3, 0.4) is 0 Å². The van der Waals surface area contributed by atoms with E-state index >= 15 is 0 Å². The zero-order valence-electron chi connectivity index (χ0n) is 21.3. The highest BCUT2D eigenvalue weighted by molar-refractivity contribution is 9.10. The van der Waals surface area contributed by atoms with Crippen LogP contribution in [0, 0.1) is 5.92 Å². The van der Waals surface area contributed by atoms with Crippen molar-refractivity contribution in [1.82, 2.24) is 14.8 Å². The molecule has 5 nitrogen and oxygen atoms in total. The van der Waals surface area contributed by atoms with Crippen molar-refractivity contribution in [3.63, 3.8) is 0 Å². The molecule has 2 aliphatic heterocycles. The maximum Gasteiger partial charge on any atom is 0.121 e. The number of halogens is 1. The van der Waals surface area contributed by atoms with E-state index in [-0.39, 0.29) is 6.10 Å². The zero-order chi connectivity index (χ0) is 24.5. The third-order valence-electron chi connectivity index (χ3n) is 8.44. The number of benzene rings is 1. The summed E-state index contributed by atoms with van der Waals surface area (Å²) < 4.78 is 7.65. The van der Waals surface area contributed by atoms with Gasteiger partial charge in [-0.1, -0.05) is 35.0 Å². The van der Waals surface area contributed by atoms with E-state index in [1.54, 1.807) is 0 Å². The molecule has 2 aliphatic carbocycles. The Labute approximate surface area is 224 Å². The molecule has 2 bridgehead atoms. The van der Waals surface area contributed by atoms with Crippen LogP contribution >= 0.6 is 15.9 Å². The van der Waals surface area contributed by atoms with Crippen molar-refractivity contribution in [1.29, 1.82) is 0 Å². The molecule has 6 rings (SSSR count). The predicted molar refractivity (Wildman–Crippen MR) is 150 cm³/mol. The maximum atomic E-state index is 6.51. The predicted octanol–water partition coefficient (Wildman–Crippen LogP) is 5.90. The molecule has 1 saturated carbocycles. The first-order chi connectivity index (χ1) is 17.6. The number of piperazine rings is 1. The lowest BCUT2D eigenvalue weighted by Crippen LogP contribution is -2.46. The van der Waals surface area contributed by atoms with Crippen molar-refractivity contribution in [2.45, 2.75) is 44.8 Å². The van der Waals surface area contributed by atoms with Crippen LogP contribution in [-0.4, -0.2) is 66.8 Å². The fourth-order valence-corrected chi connectivity index (χ4v) is 6.51. The minimum atomic E-state index is -0.0632. The summed E-state index contributed by atoms with van der Waals surface area (Å²) in [6, 6.07) is 13.6. The van der Waals surface area contributed by atoms with Crippen molar-refractivity contribution < 1.29 is 4.74 Å². The van der Waals surface area contributed by atoms with Gasteiger partial charge < -0.3 is 9.64 Å². The molecular weight excluding hydrogens is 512 g/mol. The summed E-state index contributed by atoms with van der Waals surface area (Å²) in [5.41, 5.74) is 6.41. The van der Waals surface area contributed by atoms with Crippen LogP contribution in [-0.2, 0) is 4.74 Å². The van der Waals surface area contributed by atoms with Crippen LogP contribution in [0.25, 0.3) is 5.57 Å². The van der Waals surface area contributed by atoms with Gasteiger partial charge in [0.1, 0.15) is 12.8 Å². The van der Waals surface area contributed by atoms with E-state index < -0.39 is 0 Å². The molecule has 190 valence electrons. The second-order valence-electron chi connectivity index (χ2n) is 11.0. The van der Waals surface area contributed by atoms with Crippen LogP contribution in [0.5, 0.6) is 0 Å². The van der Waals surface area contributed by atoms with Gasteiger partial charge in [-0.2, -0.15) is 0 Å². The van der Waals surface area contributed by atoms with E-state index in [1.807, 2.05) is 6.20 Å². The van der Waals surface area contributed by atoms with Crippen LogP contribution in [0.4, 0.5) is 5.69 Å². The molecule has 1 unspecified atom stereocenters. The Hall–Kier alpha value is -1.99. The first-order valence-electron chi connectivity index (χ1n) is 13.6. The van der Waals surface area contributed by atoms with Crippen molar-refractivity contribution in [3.8, 4) is 0 Å². The number of fused-ring (bicyclic) bond motifs is 3. The number of hydrogen-bond acceptors (Lipinski definition) is 5. The quantitative estimate of drug-likeness (QED) is 0.474. The fraction of sp³-hybridized carbons (Fsp3) is 0.500. The summed E-state index contributed by atoms with van der Waals surface area (Å²) >= 11 is 3.55. The number of hydrogen-bond donors (Lipinski definition) is 0. The summed E-state index contributed by atoms with van der Waals surface area (Å²) in [5, 5.41) is 0. The zero-order valence-corrected chi connectivity index (χ0v) is 22.9. The lowest BCUT2D eigenvalue weighted by Gasteiger charge is -2.37. The van der Waals surface area contributed by atoms with Gasteiger partial charge in [-0.15, -0.1) is 0 Å². The Bertz CT molecular complexity index is 1110. The van der Waals surface area contributed by atoms with Crippen LogP contribution in [0.2, 0.25) is 0 Å². The van der Waals surface area contributed by atoms with E-state index in [9.17, 15) is 0 Å². The highest BCUT2D eigenvalue weighted by Crippen LogP contribution is 2.36.